The van der Waals surface area contributed by atoms with Crippen LogP contribution in [-0.4, -0.2) is 96.7 Å². The lowest BCUT2D eigenvalue weighted by molar-refractivity contribution is -0.161. The van der Waals surface area contributed by atoms with Gasteiger partial charge in [-0.1, -0.05) is 253 Å². The highest BCUT2D eigenvalue weighted by Crippen LogP contribution is 2.45. The van der Waals surface area contributed by atoms with E-state index in [4.69, 9.17) is 37.0 Å². The van der Waals surface area contributed by atoms with Gasteiger partial charge in [0.05, 0.1) is 26.4 Å². The van der Waals surface area contributed by atoms with E-state index in [-0.39, 0.29) is 25.7 Å². The van der Waals surface area contributed by atoms with Crippen LogP contribution in [0.25, 0.3) is 0 Å². The molecular formula is C62H120O17P2. The van der Waals surface area contributed by atoms with Crippen molar-refractivity contribution in [3.63, 3.8) is 0 Å². The first kappa shape index (κ1) is 79.1. The molecule has 0 aliphatic carbocycles. The summed E-state index contributed by atoms with van der Waals surface area (Å²) in [6, 6.07) is 0. The number of ether oxygens (including phenoxy) is 4. The lowest BCUT2D eigenvalue weighted by atomic mass is 10.0. The van der Waals surface area contributed by atoms with E-state index in [9.17, 15) is 43.2 Å². The van der Waals surface area contributed by atoms with E-state index in [0.29, 0.717) is 25.7 Å². The van der Waals surface area contributed by atoms with Crippen molar-refractivity contribution in [2.45, 2.75) is 323 Å². The Hall–Kier alpha value is -1.94. The van der Waals surface area contributed by atoms with Crippen molar-refractivity contribution >= 4 is 39.5 Å². The third kappa shape index (κ3) is 56.9. The average molecular weight is 1200 g/mol. The number of rotatable bonds is 61. The fourth-order valence-electron chi connectivity index (χ4n) is 9.18. The van der Waals surface area contributed by atoms with Crippen molar-refractivity contribution in [3.05, 3.63) is 0 Å². The van der Waals surface area contributed by atoms with Crippen molar-refractivity contribution in [1.82, 2.24) is 0 Å². The minimum absolute atomic E-state index is 0.105. The summed E-state index contributed by atoms with van der Waals surface area (Å²) >= 11 is 0. The summed E-state index contributed by atoms with van der Waals surface area (Å²) in [6.45, 7) is 9.39. The molecule has 0 fully saturated rings. The number of unbranched alkanes of at least 4 members (excludes halogenated alkanes) is 31. The predicted octanol–water partition coefficient (Wildman–Crippen LogP) is 16.9. The number of phosphoric acid groups is 2. The molecule has 17 nitrogen and oxygen atoms in total. The van der Waals surface area contributed by atoms with Crippen LogP contribution in [0, 0.1) is 11.8 Å². The SMILES string of the molecule is CCCCCCCCCCCC(=O)OC[C@H](COP(=O)(O)OC[C@H](O)COP(=O)(O)OC[C@@H](COC(=O)CCCCCCCCCCC(C)C)OC(=O)CCCCCCCCCCCC(C)C)OC(=O)CCCCCCCCCCC. The van der Waals surface area contributed by atoms with Crippen LogP contribution in [0.5, 0.6) is 0 Å². The molecule has 0 aromatic carbocycles. The molecule has 0 radical (unpaired) electrons. The van der Waals surface area contributed by atoms with Gasteiger partial charge >= 0.3 is 39.5 Å². The largest absolute Gasteiger partial charge is 0.472 e. The van der Waals surface area contributed by atoms with Gasteiger partial charge < -0.3 is 33.8 Å². The predicted molar refractivity (Wildman–Crippen MR) is 321 cm³/mol. The number of aliphatic hydroxyl groups excluding tert-OH is 1. The Labute approximate surface area is 492 Å². The zero-order valence-electron chi connectivity index (χ0n) is 52.1. The van der Waals surface area contributed by atoms with Crippen molar-refractivity contribution < 1.29 is 80.2 Å². The first-order chi connectivity index (χ1) is 38.9. The van der Waals surface area contributed by atoms with E-state index in [1.54, 1.807) is 0 Å². The molecule has 0 aromatic rings. The van der Waals surface area contributed by atoms with E-state index >= 15 is 0 Å². The van der Waals surface area contributed by atoms with Gasteiger partial charge in [-0.3, -0.25) is 37.3 Å². The number of hydrogen-bond donors (Lipinski definition) is 3. The lowest BCUT2D eigenvalue weighted by Crippen LogP contribution is -2.30. The molecule has 0 saturated heterocycles. The molecule has 5 atom stereocenters. The zero-order valence-corrected chi connectivity index (χ0v) is 53.9. The Morgan fingerprint density at radius 2 is 0.568 bits per heavy atom. The topological polar surface area (TPSA) is 237 Å². The third-order valence-corrected chi connectivity index (χ3v) is 16.1. The average Bonchev–Trinajstić information content (AvgIpc) is 3.42. The minimum atomic E-state index is -4.94. The molecule has 0 spiro atoms. The maximum absolute atomic E-state index is 13.0. The third-order valence-electron chi connectivity index (χ3n) is 14.2. The molecule has 0 rings (SSSR count). The molecule has 2 unspecified atom stereocenters. The Bertz CT molecular complexity index is 1600. The monoisotopic (exact) mass is 1200 g/mol. The van der Waals surface area contributed by atoms with Crippen LogP contribution in [-0.2, 0) is 65.4 Å². The van der Waals surface area contributed by atoms with Gasteiger partial charge in [0.25, 0.3) is 0 Å². The first-order valence-electron chi connectivity index (χ1n) is 32.5. The van der Waals surface area contributed by atoms with Gasteiger partial charge in [-0.25, -0.2) is 9.13 Å². The van der Waals surface area contributed by atoms with Crippen molar-refractivity contribution in [1.29, 1.82) is 0 Å². The van der Waals surface area contributed by atoms with E-state index < -0.39 is 97.5 Å². The minimum Gasteiger partial charge on any atom is -0.462 e. The Morgan fingerprint density at radius 1 is 0.333 bits per heavy atom. The zero-order chi connectivity index (χ0) is 60.1. The molecule has 0 saturated carbocycles. The van der Waals surface area contributed by atoms with Crippen LogP contribution >= 0.6 is 15.6 Å². The molecular weight excluding hydrogens is 1080 g/mol. The Balaban J connectivity index is 5.23. The van der Waals surface area contributed by atoms with Gasteiger partial charge in [0, 0.05) is 25.7 Å². The number of carbonyl (C=O) groups is 4. The van der Waals surface area contributed by atoms with Crippen LogP contribution in [0.1, 0.15) is 305 Å². The maximum Gasteiger partial charge on any atom is 0.472 e. The summed E-state index contributed by atoms with van der Waals surface area (Å²) in [5.74, 6) is -0.676. The maximum atomic E-state index is 13.0. The fourth-order valence-corrected chi connectivity index (χ4v) is 10.8. The standard InChI is InChI=1S/C62H120O17P2/c1-7-9-11-13-15-18-26-32-38-44-59(64)72-50-57(78-61(66)46-40-34-28-19-16-14-12-10-8-2)52-76-80(68,69)74-48-56(63)49-75-81(70,71)77-53-58(51-73-60(65)45-39-33-27-23-22-25-31-37-43-55(5)6)79-62(67)47-41-35-29-21-17-20-24-30-36-42-54(3)4/h54-58,63H,7-53H2,1-6H3,(H,68,69)(H,70,71)/t56-,57+,58+/m0/s1. The number of carbonyl (C=O) groups excluding carboxylic acids is 4. The highest BCUT2D eigenvalue weighted by molar-refractivity contribution is 7.47. The summed E-state index contributed by atoms with van der Waals surface area (Å²) in [5, 5.41) is 10.5. The van der Waals surface area contributed by atoms with Crippen molar-refractivity contribution in [2.24, 2.45) is 11.8 Å². The van der Waals surface area contributed by atoms with Gasteiger partial charge in [0.15, 0.2) is 12.2 Å². The summed E-state index contributed by atoms with van der Waals surface area (Å²) in [5.41, 5.74) is 0. The van der Waals surface area contributed by atoms with Crippen molar-refractivity contribution in [2.75, 3.05) is 39.6 Å². The molecule has 0 bridgehead atoms. The molecule has 0 aromatic heterocycles. The summed E-state index contributed by atoms with van der Waals surface area (Å²) in [4.78, 5) is 72.0. The van der Waals surface area contributed by atoms with Crippen LogP contribution < -0.4 is 0 Å². The van der Waals surface area contributed by atoms with Crippen LogP contribution in [0.15, 0.2) is 0 Å². The second-order valence-corrected chi connectivity index (χ2v) is 26.3. The summed E-state index contributed by atoms with van der Waals surface area (Å²) in [6.07, 6.45) is 36.2. The van der Waals surface area contributed by atoms with Gasteiger partial charge in [-0.2, -0.15) is 0 Å². The van der Waals surface area contributed by atoms with Gasteiger partial charge in [-0.05, 0) is 37.5 Å². The van der Waals surface area contributed by atoms with Gasteiger partial charge in [-0.15, -0.1) is 0 Å². The molecule has 81 heavy (non-hydrogen) atoms. The van der Waals surface area contributed by atoms with Gasteiger partial charge in [0.2, 0.25) is 0 Å². The van der Waals surface area contributed by atoms with Gasteiger partial charge in [0.1, 0.15) is 19.3 Å². The van der Waals surface area contributed by atoms with Crippen molar-refractivity contribution in [3.8, 4) is 0 Å². The molecule has 19 heteroatoms. The Morgan fingerprint density at radius 3 is 0.840 bits per heavy atom. The van der Waals surface area contributed by atoms with Crippen LogP contribution in [0.4, 0.5) is 0 Å². The second kappa shape index (κ2) is 54.7. The number of esters is 4. The normalized spacial score (nSPS) is 14.4. The van der Waals surface area contributed by atoms with E-state index in [1.165, 1.54) is 122 Å². The summed E-state index contributed by atoms with van der Waals surface area (Å²) < 4.78 is 67.8. The molecule has 0 aliphatic rings. The Kier molecular flexibility index (Phi) is 53.4. The van der Waals surface area contributed by atoms with E-state index in [1.807, 2.05) is 0 Å². The van der Waals surface area contributed by atoms with E-state index in [0.717, 1.165) is 102 Å². The molecule has 480 valence electrons. The first-order valence-corrected chi connectivity index (χ1v) is 35.5. The quantitative estimate of drug-likeness (QED) is 0.0222. The number of phosphoric ester groups is 2. The van der Waals surface area contributed by atoms with E-state index in [2.05, 4.69) is 41.5 Å². The molecule has 3 N–H and O–H groups in total. The smallest absolute Gasteiger partial charge is 0.462 e. The molecule has 0 heterocycles. The van der Waals surface area contributed by atoms with Crippen LogP contribution in [0.2, 0.25) is 0 Å². The lowest BCUT2D eigenvalue weighted by Gasteiger charge is -2.21. The fraction of sp³-hybridized carbons (Fsp3) is 0.935. The highest BCUT2D eigenvalue weighted by atomic mass is 31.2. The molecule has 0 amide bonds. The number of aliphatic hydroxyl groups is 1. The molecule has 0 aliphatic heterocycles. The summed E-state index contributed by atoms with van der Waals surface area (Å²) in [7, 11) is -9.88. The second-order valence-electron chi connectivity index (χ2n) is 23.4. The van der Waals surface area contributed by atoms with Crippen LogP contribution in [0.3, 0.4) is 0 Å². The number of hydrogen-bond acceptors (Lipinski definition) is 15. The highest BCUT2D eigenvalue weighted by Gasteiger charge is 2.30.